The number of halogens is 3. The summed E-state index contributed by atoms with van der Waals surface area (Å²) in [5.41, 5.74) is 3.23. The molecule has 4 heterocycles. The van der Waals surface area contributed by atoms with Crippen molar-refractivity contribution in [2.24, 2.45) is 7.05 Å². The Bertz CT molecular complexity index is 1320. The van der Waals surface area contributed by atoms with Gasteiger partial charge in [-0.1, -0.05) is 0 Å². The summed E-state index contributed by atoms with van der Waals surface area (Å²) in [7, 11) is 1.66. The Morgan fingerprint density at radius 1 is 1.16 bits per heavy atom. The SMILES string of the molecule is C[C@H]1c2nn(C)c(-c3cc(F)c(F)c(F)c3)c2CCN1C(=O)c1cccn2ccnc12. The Labute approximate surface area is 175 Å². The highest BCUT2D eigenvalue weighted by atomic mass is 19.2. The molecule has 6 nitrogen and oxygen atoms in total. The second-order valence-corrected chi connectivity index (χ2v) is 7.59. The molecular weight excluding hydrogens is 407 g/mol. The molecule has 0 radical (unpaired) electrons. The van der Waals surface area contributed by atoms with Gasteiger partial charge in [0.15, 0.2) is 17.5 Å². The maximum Gasteiger partial charge on any atom is 0.258 e. The number of aryl methyl sites for hydroxylation is 1. The summed E-state index contributed by atoms with van der Waals surface area (Å²) < 4.78 is 44.4. The van der Waals surface area contributed by atoms with Crippen LogP contribution in [0.5, 0.6) is 0 Å². The van der Waals surface area contributed by atoms with Crippen LogP contribution in [0, 0.1) is 17.5 Å². The van der Waals surface area contributed by atoms with Gasteiger partial charge < -0.3 is 9.30 Å². The van der Waals surface area contributed by atoms with Crippen molar-refractivity contribution in [3.05, 3.63) is 77.1 Å². The van der Waals surface area contributed by atoms with E-state index >= 15 is 0 Å². The van der Waals surface area contributed by atoms with Crippen LogP contribution in [0.15, 0.2) is 42.9 Å². The zero-order valence-electron chi connectivity index (χ0n) is 16.8. The summed E-state index contributed by atoms with van der Waals surface area (Å²) in [6, 6.07) is 5.11. The van der Waals surface area contributed by atoms with Gasteiger partial charge in [0.2, 0.25) is 0 Å². The lowest BCUT2D eigenvalue weighted by Gasteiger charge is -2.33. The molecule has 0 saturated carbocycles. The molecule has 0 unspecified atom stereocenters. The Hall–Kier alpha value is -3.62. The van der Waals surface area contributed by atoms with Gasteiger partial charge in [-0.15, -0.1) is 0 Å². The quantitative estimate of drug-likeness (QED) is 0.458. The highest BCUT2D eigenvalue weighted by molar-refractivity contribution is 6.00. The molecule has 0 bridgehead atoms. The van der Waals surface area contributed by atoms with Crippen LogP contribution >= 0.6 is 0 Å². The Morgan fingerprint density at radius 3 is 2.65 bits per heavy atom. The smallest absolute Gasteiger partial charge is 0.258 e. The van der Waals surface area contributed by atoms with Gasteiger partial charge in [0.25, 0.3) is 5.91 Å². The van der Waals surface area contributed by atoms with Crippen LogP contribution in [0.2, 0.25) is 0 Å². The first kappa shape index (κ1) is 19.3. The van der Waals surface area contributed by atoms with Crippen molar-refractivity contribution in [2.75, 3.05) is 6.54 Å². The largest absolute Gasteiger partial charge is 0.330 e. The fourth-order valence-electron chi connectivity index (χ4n) is 4.35. The van der Waals surface area contributed by atoms with Crippen molar-refractivity contribution >= 4 is 11.6 Å². The average Bonchev–Trinajstić information content (AvgIpc) is 3.35. The second-order valence-electron chi connectivity index (χ2n) is 7.59. The standard InChI is InChI=1S/C22H18F3N5O/c1-12-19-14(20(28(2)27-19)13-10-16(23)18(25)17(24)11-13)5-8-30(12)22(31)15-4-3-7-29-9-6-26-21(15)29/h3-4,6-7,9-12H,5,8H2,1-2H3/t12-/m0/s1. The summed E-state index contributed by atoms with van der Waals surface area (Å²) in [6.07, 6.45) is 5.68. The van der Waals surface area contributed by atoms with Crippen molar-refractivity contribution in [3.63, 3.8) is 0 Å². The predicted octanol–water partition coefficient (Wildman–Crippen LogP) is 3.91. The minimum Gasteiger partial charge on any atom is -0.330 e. The molecule has 1 amide bonds. The normalized spacial score (nSPS) is 16.0. The van der Waals surface area contributed by atoms with Crippen molar-refractivity contribution in [1.82, 2.24) is 24.1 Å². The molecule has 0 fully saturated rings. The van der Waals surface area contributed by atoms with E-state index in [-0.39, 0.29) is 17.5 Å². The van der Waals surface area contributed by atoms with Crippen molar-refractivity contribution in [3.8, 4) is 11.3 Å². The minimum absolute atomic E-state index is 0.166. The predicted molar refractivity (Wildman–Crippen MR) is 107 cm³/mol. The van der Waals surface area contributed by atoms with E-state index in [1.807, 2.05) is 13.1 Å². The number of aromatic nitrogens is 4. The van der Waals surface area contributed by atoms with E-state index in [0.717, 1.165) is 17.7 Å². The number of hydrogen-bond acceptors (Lipinski definition) is 3. The molecule has 1 atom stereocenters. The number of imidazole rings is 1. The third-order valence-electron chi connectivity index (χ3n) is 5.81. The summed E-state index contributed by atoms with van der Waals surface area (Å²) in [6.45, 7) is 2.27. The first-order valence-electron chi connectivity index (χ1n) is 9.80. The van der Waals surface area contributed by atoms with Crippen molar-refractivity contribution < 1.29 is 18.0 Å². The van der Waals surface area contributed by atoms with Crippen LogP contribution in [0.3, 0.4) is 0 Å². The molecule has 5 rings (SSSR count). The highest BCUT2D eigenvalue weighted by Gasteiger charge is 2.34. The molecule has 4 aromatic rings. The Balaban J connectivity index is 1.54. The van der Waals surface area contributed by atoms with E-state index in [0.29, 0.717) is 35.6 Å². The van der Waals surface area contributed by atoms with Gasteiger partial charge in [-0.3, -0.25) is 9.48 Å². The zero-order chi connectivity index (χ0) is 21.9. The van der Waals surface area contributed by atoms with Gasteiger partial charge in [-0.05, 0) is 37.6 Å². The lowest BCUT2D eigenvalue weighted by molar-refractivity contribution is 0.0675. The number of benzene rings is 1. The monoisotopic (exact) mass is 425 g/mol. The Morgan fingerprint density at radius 2 is 1.90 bits per heavy atom. The fourth-order valence-corrected chi connectivity index (χ4v) is 4.35. The Kier molecular flexibility index (Phi) is 4.35. The van der Waals surface area contributed by atoms with Crippen molar-refractivity contribution in [2.45, 2.75) is 19.4 Å². The topological polar surface area (TPSA) is 55.4 Å². The first-order valence-corrected chi connectivity index (χ1v) is 9.80. The average molecular weight is 425 g/mol. The number of amides is 1. The lowest BCUT2D eigenvalue weighted by Crippen LogP contribution is -2.39. The fraction of sp³-hybridized carbons (Fsp3) is 0.227. The van der Waals surface area contributed by atoms with E-state index in [1.54, 1.807) is 40.9 Å². The van der Waals surface area contributed by atoms with Crippen LogP contribution in [-0.2, 0) is 13.5 Å². The summed E-state index contributed by atoms with van der Waals surface area (Å²) in [4.78, 5) is 19.3. The molecule has 0 spiro atoms. The molecule has 1 aromatic carbocycles. The molecule has 31 heavy (non-hydrogen) atoms. The maximum atomic E-state index is 13.8. The first-order chi connectivity index (χ1) is 14.9. The minimum atomic E-state index is -1.50. The van der Waals surface area contributed by atoms with Gasteiger partial charge in [0.1, 0.15) is 5.65 Å². The molecule has 9 heteroatoms. The van der Waals surface area contributed by atoms with Gasteiger partial charge in [0, 0.05) is 43.3 Å². The maximum absolute atomic E-state index is 13.8. The molecule has 1 aliphatic rings. The number of carbonyl (C=O) groups excluding carboxylic acids is 1. The van der Waals surface area contributed by atoms with E-state index < -0.39 is 17.5 Å². The van der Waals surface area contributed by atoms with Crippen LogP contribution < -0.4 is 0 Å². The van der Waals surface area contributed by atoms with E-state index in [1.165, 1.54) is 4.68 Å². The molecule has 3 aromatic heterocycles. The molecule has 0 saturated heterocycles. The van der Waals surface area contributed by atoms with Crippen LogP contribution in [0.1, 0.15) is 34.6 Å². The zero-order valence-corrected chi connectivity index (χ0v) is 16.8. The number of rotatable bonds is 2. The van der Waals surface area contributed by atoms with Gasteiger partial charge in [0.05, 0.1) is 23.0 Å². The third kappa shape index (κ3) is 2.91. The summed E-state index contributed by atoms with van der Waals surface area (Å²) in [5, 5.41) is 4.53. The van der Waals surface area contributed by atoms with Gasteiger partial charge in [-0.25, -0.2) is 18.2 Å². The molecule has 0 N–H and O–H groups in total. The van der Waals surface area contributed by atoms with Crippen LogP contribution in [0.4, 0.5) is 13.2 Å². The second kappa shape index (κ2) is 6.97. The van der Waals surface area contributed by atoms with Crippen molar-refractivity contribution in [1.29, 1.82) is 0 Å². The summed E-state index contributed by atoms with van der Waals surface area (Å²) >= 11 is 0. The number of fused-ring (bicyclic) bond motifs is 2. The lowest BCUT2D eigenvalue weighted by atomic mass is 9.95. The number of pyridine rings is 1. The number of hydrogen-bond donors (Lipinski definition) is 0. The van der Waals surface area contributed by atoms with Crippen LogP contribution in [-0.4, -0.2) is 36.5 Å². The van der Waals surface area contributed by atoms with E-state index in [9.17, 15) is 18.0 Å². The number of carbonyl (C=O) groups is 1. The van der Waals surface area contributed by atoms with Gasteiger partial charge in [-0.2, -0.15) is 5.10 Å². The summed E-state index contributed by atoms with van der Waals surface area (Å²) in [5.74, 6) is -4.17. The van der Waals surface area contributed by atoms with E-state index in [2.05, 4.69) is 10.1 Å². The molecule has 0 aliphatic carbocycles. The van der Waals surface area contributed by atoms with Gasteiger partial charge >= 0.3 is 0 Å². The highest BCUT2D eigenvalue weighted by Crippen LogP contribution is 2.37. The third-order valence-corrected chi connectivity index (χ3v) is 5.81. The molecular formula is C22H18F3N5O. The molecule has 1 aliphatic heterocycles. The van der Waals surface area contributed by atoms with E-state index in [4.69, 9.17) is 0 Å². The molecule has 158 valence electrons. The van der Waals surface area contributed by atoms with Crippen LogP contribution in [0.25, 0.3) is 16.9 Å². The number of nitrogens with zero attached hydrogens (tertiary/aromatic N) is 5.